The van der Waals surface area contributed by atoms with E-state index in [1.54, 1.807) is 25.1 Å². The summed E-state index contributed by atoms with van der Waals surface area (Å²) in [4.78, 5) is 63.2. The van der Waals surface area contributed by atoms with Crippen molar-refractivity contribution in [1.29, 1.82) is 0 Å². The van der Waals surface area contributed by atoms with E-state index in [0.717, 1.165) is 13.8 Å². The number of aromatic nitrogens is 1. The summed E-state index contributed by atoms with van der Waals surface area (Å²) in [5.41, 5.74) is -4.22. The van der Waals surface area contributed by atoms with Crippen LogP contribution in [0.1, 0.15) is 106 Å². The number of hydrogen-bond acceptors (Lipinski definition) is 11. The molecule has 336 valence electrons. The second kappa shape index (κ2) is 17.4. The Morgan fingerprint density at radius 2 is 1.80 bits per heavy atom. The summed E-state index contributed by atoms with van der Waals surface area (Å²) in [7, 11) is -2.51. The van der Waals surface area contributed by atoms with Crippen LogP contribution in [0.2, 0.25) is 0 Å². The number of fused-ring (bicyclic) bond motifs is 3. The summed E-state index contributed by atoms with van der Waals surface area (Å²) in [6.45, 7) is 8.94. The van der Waals surface area contributed by atoms with Gasteiger partial charge < -0.3 is 23.8 Å². The van der Waals surface area contributed by atoms with Crippen LogP contribution in [0.3, 0.4) is 0 Å². The average Bonchev–Trinajstić information content (AvgIpc) is 4.07. The van der Waals surface area contributed by atoms with Gasteiger partial charge in [-0.3, -0.25) is 23.9 Å². The number of amides is 2. The first kappa shape index (κ1) is 46.1. The van der Waals surface area contributed by atoms with Gasteiger partial charge in [0.25, 0.3) is 0 Å². The van der Waals surface area contributed by atoms with Gasteiger partial charge >= 0.3 is 12.1 Å². The Labute approximate surface area is 355 Å². The minimum atomic E-state index is -4.87. The third kappa shape index (κ3) is 9.65. The van der Waals surface area contributed by atoms with Crippen molar-refractivity contribution in [3.8, 4) is 17.4 Å². The molecule has 2 saturated carbocycles. The maximum atomic E-state index is 15.1. The molecular formula is C44H58F3N3O10S. The van der Waals surface area contributed by atoms with Gasteiger partial charge in [0.05, 0.1) is 55.0 Å². The number of nitrogens with one attached hydrogen (secondary N) is 1. The van der Waals surface area contributed by atoms with Crippen molar-refractivity contribution >= 4 is 44.4 Å². The van der Waals surface area contributed by atoms with E-state index in [-0.39, 0.29) is 37.6 Å². The third-order valence-corrected chi connectivity index (χ3v) is 15.3. The van der Waals surface area contributed by atoms with Crippen molar-refractivity contribution < 1.29 is 59.7 Å². The number of carbonyl (C=O) groups excluding carboxylic acids is 4. The molecule has 0 spiro atoms. The first-order valence-electron chi connectivity index (χ1n) is 21.2. The zero-order chi connectivity index (χ0) is 44.7. The Hall–Kier alpha value is -4.41. The first-order valence-corrected chi connectivity index (χ1v) is 22.7. The van der Waals surface area contributed by atoms with Crippen LogP contribution in [-0.4, -0.2) is 90.8 Å². The van der Waals surface area contributed by atoms with Gasteiger partial charge in [-0.2, -0.15) is 13.2 Å². The molecular weight excluding hydrogens is 820 g/mol. The van der Waals surface area contributed by atoms with Gasteiger partial charge in [0.2, 0.25) is 33.3 Å². The molecule has 2 amide bonds. The summed E-state index contributed by atoms with van der Waals surface area (Å²) < 4.78 is 92.1. The van der Waals surface area contributed by atoms with Crippen molar-refractivity contribution in [3.05, 3.63) is 36.5 Å². The molecule has 2 aliphatic heterocycles. The van der Waals surface area contributed by atoms with E-state index in [2.05, 4.69) is 9.71 Å². The highest BCUT2D eigenvalue weighted by Gasteiger charge is 2.63. The van der Waals surface area contributed by atoms with Crippen LogP contribution >= 0.6 is 0 Å². The summed E-state index contributed by atoms with van der Waals surface area (Å²) >= 11 is 0. The second-order valence-corrected chi connectivity index (χ2v) is 20.3. The van der Waals surface area contributed by atoms with Crippen LogP contribution in [0.4, 0.5) is 13.2 Å². The van der Waals surface area contributed by atoms with Crippen LogP contribution < -0.4 is 18.9 Å². The summed E-state index contributed by atoms with van der Waals surface area (Å²) in [5, 5.41) is 1.21. The number of pyridine rings is 1. The number of allylic oxidation sites excluding steroid dienone is 2. The lowest BCUT2D eigenvalue weighted by Crippen LogP contribution is -2.49. The Balaban J connectivity index is 1.38. The highest BCUT2D eigenvalue weighted by atomic mass is 32.2. The predicted molar refractivity (Wildman–Crippen MR) is 219 cm³/mol. The Morgan fingerprint density at radius 3 is 2.44 bits per heavy atom. The number of benzene rings is 1. The minimum absolute atomic E-state index is 0.0130. The van der Waals surface area contributed by atoms with E-state index in [9.17, 15) is 36.0 Å². The van der Waals surface area contributed by atoms with Gasteiger partial charge in [0.1, 0.15) is 17.6 Å². The number of halogens is 3. The lowest BCUT2D eigenvalue weighted by molar-refractivity contribution is -0.257. The van der Waals surface area contributed by atoms with E-state index in [4.69, 9.17) is 18.9 Å². The number of hydrogen-bond donors (Lipinski definition) is 1. The fourth-order valence-electron chi connectivity index (χ4n) is 8.73. The topological polar surface area (TPSA) is 167 Å². The monoisotopic (exact) mass is 877 g/mol. The van der Waals surface area contributed by atoms with Crippen LogP contribution in [-0.2, 0) is 33.9 Å². The predicted octanol–water partition coefficient (Wildman–Crippen LogP) is 7.25. The van der Waals surface area contributed by atoms with Crippen LogP contribution in [0.15, 0.2) is 36.5 Å². The zero-order valence-corrected chi connectivity index (χ0v) is 36.7. The van der Waals surface area contributed by atoms with Gasteiger partial charge in [0.15, 0.2) is 5.78 Å². The maximum Gasteiger partial charge on any atom is 0.427 e. The maximum absolute atomic E-state index is 15.1. The largest absolute Gasteiger partial charge is 0.497 e. The van der Waals surface area contributed by atoms with Gasteiger partial charge in [-0.05, 0) is 102 Å². The fraction of sp³-hybridized carbons (Fsp3) is 0.659. The molecule has 3 heterocycles. The molecule has 17 heteroatoms. The van der Waals surface area contributed by atoms with E-state index in [1.807, 2.05) is 32.9 Å². The Bertz CT molecular complexity index is 2160. The molecule has 1 N–H and O–H groups in total. The molecule has 61 heavy (non-hydrogen) atoms. The van der Waals surface area contributed by atoms with Crippen molar-refractivity contribution in [1.82, 2.24) is 14.6 Å². The van der Waals surface area contributed by atoms with Gasteiger partial charge in [-0.15, -0.1) is 0 Å². The lowest BCUT2D eigenvalue weighted by Gasteiger charge is -2.34. The first-order chi connectivity index (χ1) is 28.6. The summed E-state index contributed by atoms with van der Waals surface area (Å²) in [5.74, 6) is -3.94. The molecule has 1 saturated heterocycles. The molecule has 2 aromatic rings. The van der Waals surface area contributed by atoms with E-state index >= 15 is 4.79 Å². The number of rotatable bonds is 12. The van der Waals surface area contributed by atoms with Crippen LogP contribution in [0.5, 0.6) is 17.4 Å². The summed E-state index contributed by atoms with van der Waals surface area (Å²) in [6.07, 6.45) is 1.62. The highest BCUT2D eigenvalue weighted by Crippen LogP contribution is 2.58. The molecule has 0 radical (unpaired) electrons. The van der Waals surface area contributed by atoms with Gasteiger partial charge in [-0.1, -0.05) is 32.4 Å². The smallest absolute Gasteiger partial charge is 0.427 e. The number of esters is 1. The average molecular weight is 878 g/mol. The molecule has 3 fully saturated rings. The normalized spacial score (nSPS) is 28.7. The Kier molecular flexibility index (Phi) is 13.1. The number of methoxy groups -OCH3 is 1. The molecule has 6 rings (SSSR count). The van der Waals surface area contributed by atoms with E-state index < -0.39 is 91.8 Å². The zero-order valence-electron chi connectivity index (χ0n) is 35.9. The molecule has 1 aromatic carbocycles. The Morgan fingerprint density at radius 1 is 1.08 bits per heavy atom. The van der Waals surface area contributed by atoms with Crippen molar-refractivity contribution in [3.63, 3.8) is 0 Å². The molecule has 2 aliphatic carbocycles. The molecule has 0 bridgehead atoms. The van der Waals surface area contributed by atoms with E-state index in [1.165, 1.54) is 18.2 Å². The standard InChI is InChI=1S/C44H58F3N3O10S/c1-8-27-18-26(3)12-10-11-13-28-22-43(28,40(54)49-61(55,56)42(6)16-17-42)23-35(51)34-20-30(25-50(34)39(53)32(27)21-37(52)60-41(4,5)44(45,46)47)59-38-31-15-14-29(57-7)19-33(31)36(24-48-38)58-9-2/h11,13-15,19,24,26-28,30,32,34H,8-10,12,16-18,20-23,25H2,1-7H3,(H,49,54)/b13-11-/t26-,27-,28-,30-,32+,34+,43-/m1/s1. The summed E-state index contributed by atoms with van der Waals surface area (Å²) in [6, 6.07) is 4.05. The minimum Gasteiger partial charge on any atom is -0.497 e. The molecule has 13 nitrogen and oxygen atoms in total. The molecule has 4 aliphatic rings. The van der Waals surface area contributed by atoms with Crippen LogP contribution in [0.25, 0.3) is 10.8 Å². The van der Waals surface area contributed by atoms with Gasteiger partial charge in [-0.25, -0.2) is 13.4 Å². The quantitative estimate of drug-likeness (QED) is 0.169. The van der Waals surface area contributed by atoms with Crippen molar-refractivity contribution in [2.24, 2.45) is 29.1 Å². The lowest BCUT2D eigenvalue weighted by atomic mass is 9.79. The SMILES string of the molecule is CCOc1cnc(O[C@@H]2C[C@H]3C(=O)C[C@]4(C(=O)NS(=O)(=O)C5(C)CC5)C[C@H]4/C=C\CC[C@@H](C)C[C@@H](CC)[C@H](CC(=O)OC(C)(C)C(F)(F)F)C(=O)N3C2)c2ccc(OC)cc12. The van der Waals surface area contributed by atoms with E-state index in [0.29, 0.717) is 67.4 Å². The van der Waals surface area contributed by atoms with Crippen molar-refractivity contribution in [2.75, 3.05) is 20.3 Å². The molecule has 1 aromatic heterocycles. The van der Waals surface area contributed by atoms with Crippen molar-refractivity contribution in [2.45, 2.75) is 134 Å². The number of nitrogens with zero attached hydrogens (tertiary/aromatic N) is 2. The number of ketones is 1. The third-order valence-electron chi connectivity index (χ3n) is 13.2. The number of ether oxygens (including phenoxy) is 4. The molecule has 0 unspecified atom stereocenters. The highest BCUT2D eigenvalue weighted by molar-refractivity contribution is 7.91. The fourth-order valence-corrected chi connectivity index (χ4v) is 10.1. The van der Waals surface area contributed by atoms with Crippen LogP contribution in [0, 0.1) is 29.1 Å². The number of Topliss-reactive ketones (excluding diaryl/α,β-unsaturated/α-hetero) is 1. The number of sulfonamides is 1. The molecule has 7 atom stereocenters. The number of alkyl halides is 3. The number of carbonyl (C=O) groups is 4. The second-order valence-electron chi connectivity index (χ2n) is 18.1. The van der Waals surface area contributed by atoms with Gasteiger partial charge in [0, 0.05) is 23.6 Å².